The lowest BCUT2D eigenvalue weighted by Crippen LogP contribution is -2.25. The number of hydrogen-bond donors (Lipinski definition) is 2. The Morgan fingerprint density at radius 3 is 2.83 bits per heavy atom. The molecule has 1 aliphatic carbocycles. The monoisotopic (exact) mass is 331 g/mol. The number of nitrogens with one attached hydrogen (secondary N) is 2. The number of nitrogens with zero attached hydrogens (tertiary/aromatic N) is 1. The van der Waals surface area contributed by atoms with Crippen molar-refractivity contribution in [3.05, 3.63) is 56.3 Å². The minimum atomic E-state index is -0.451. The molecular formula is C16H17N3O3S. The van der Waals surface area contributed by atoms with Gasteiger partial charge in [-0.15, -0.1) is 11.3 Å². The average Bonchev–Trinajstić information content (AvgIpc) is 3.20. The Hall–Kier alpha value is -2.41. The van der Waals surface area contributed by atoms with Crippen LogP contribution >= 0.6 is 11.3 Å². The predicted octanol–water partition coefficient (Wildman–Crippen LogP) is 3.20. The van der Waals surface area contributed by atoms with Crippen LogP contribution in [0.4, 0.5) is 11.4 Å². The standard InChI is InChI=1S/C16H17N3O3S/c20-16(17-8-7-13-2-1-9-23-13)11-3-6-14(18-12-4-5-12)15(10-11)19(21)22/h1-3,6,9-10,12,18H,4-5,7-8H2,(H,17,20). The van der Waals surface area contributed by atoms with Gasteiger partial charge in [0.25, 0.3) is 11.6 Å². The molecule has 1 saturated carbocycles. The largest absolute Gasteiger partial charge is 0.377 e. The van der Waals surface area contributed by atoms with Crippen LogP contribution in [0.5, 0.6) is 0 Å². The van der Waals surface area contributed by atoms with Crippen LogP contribution in [0, 0.1) is 10.1 Å². The number of rotatable bonds is 7. The van der Waals surface area contributed by atoms with E-state index in [9.17, 15) is 14.9 Å². The van der Waals surface area contributed by atoms with Crippen LogP contribution in [0.15, 0.2) is 35.7 Å². The summed E-state index contributed by atoms with van der Waals surface area (Å²) in [6.07, 6.45) is 2.82. The fraction of sp³-hybridized carbons (Fsp3) is 0.312. The first kappa shape index (κ1) is 15.5. The van der Waals surface area contributed by atoms with Gasteiger partial charge in [-0.25, -0.2) is 0 Å². The second kappa shape index (κ2) is 6.78. The summed E-state index contributed by atoms with van der Waals surface area (Å²) in [6, 6.07) is 8.88. The van der Waals surface area contributed by atoms with Crippen LogP contribution in [-0.4, -0.2) is 23.4 Å². The third-order valence-corrected chi connectivity index (χ3v) is 4.57. The molecule has 2 aromatic rings. The minimum Gasteiger partial charge on any atom is -0.377 e. The Morgan fingerprint density at radius 1 is 1.35 bits per heavy atom. The van der Waals surface area contributed by atoms with Crippen molar-refractivity contribution in [1.82, 2.24) is 5.32 Å². The lowest BCUT2D eigenvalue weighted by molar-refractivity contribution is -0.384. The highest BCUT2D eigenvalue weighted by Gasteiger charge is 2.25. The predicted molar refractivity (Wildman–Crippen MR) is 90.1 cm³/mol. The summed E-state index contributed by atoms with van der Waals surface area (Å²) in [5, 5.41) is 19.1. The van der Waals surface area contributed by atoms with E-state index in [2.05, 4.69) is 10.6 Å². The van der Waals surface area contributed by atoms with Gasteiger partial charge >= 0.3 is 0 Å². The molecule has 1 aliphatic rings. The van der Waals surface area contributed by atoms with E-state index in [0.717, 1.165) is 19.3 Å². The number of amides is 1. The smallest absolute Gasteiger partial charge is 0.293 e. The van der Waals surface area contributed by atoms with E-state index in [1.54, 1.807) is 23.5 Å². The molecule has 1 fully saturated rings. The molecule has 1 heterocycles. The Bertz CT molecular complexity index is 711. The third kappa shape index (κ3) is 4.07. The Morgan fingerprint density at radius 2 is 2.17 bits per heavy atom. The van der Waals surface area contributed by atoms with E-state index in [1.807, 2.05) is 17.5 Å². The molecule has 23 heavy (non-hydrogen) atoms. The van der Waals surface area contributed by atoms with Crippen molar-refractivity contribution in [2.75, 3.05) is 11.9 Å². The summed E-state index contributed by atoms with van der Waals surface area (Å²) >= 11 is 1.64. The second-order valence-electron chi connectivity index (χ2n) is 5.49. The molecule has 1 aromatic heterocycles. The van der Waals surface area contributed by atoms with E-state index in [1.165, 1.54) is 10.9 Å². The van der Waals surface area contributed by atoms with Crippen LogP contribution in [0.2, 0.25) is 0 Å². The lowest BCUT2D eigenvalue weighted by atomic mass is 10.1. The molecule has 0 unspecified atom stereocenters. The van der Waals surface area contributed by atoms with E-state index >= 15 is 0 Å². The molecule has 0 radical (unpaired) electrons. The molecule has 3 rings (SSSR count). The molecule has 2 N–H and O–H groups in total. The highest BCUT2D eigenvalue weighted by Crippen LogP contribution is 2.31. The van der Waals surface area contributed by atoms with Gasteiger partial charge in [0, 0.05) is 29.1 Å². The minimum absolute atomic E-state index is 0.0530. The summed E-state index contributed by atoms with van der Waals surface area (Å²) < 4.78 is 0. The third-order valence-electron chi connectivity index (χ3n) is 3.63. The highest BCUT2D eigenvalue weighted by molar-refractivity contribution is 7.09. The van der Waals surface area contributed by atoms with Crippen molar-refractivity contribution < 1.29 is 9.72 Å². The van der Waals surface area contributed by atoms with Gasteiger partial charge in [-0.1, -0.05) is 6.07 Å². The zero-order valence-corrected chi connectivity index (χ0v) is 13.3. The lowest BCUT2D eigenvalue weighted by Gasteiger charge is -2.08. The summed E-state index contributed by atoms with van der Waals surface area (Å²) in [5.74, 6) is -0.289. The number of carbonyl (C=O) groups is 1. The Labute approximate surface area is 137 Å². The van der Waals surface area contributed by atoms with Crippen molar-refractivity contribution >= 4 is 28.6 Å². The maximum absolute atomic E-state index is 12.1. The maximum Gasteiger partial charge on any atom is 0.293 e. The maximum atomic E-state index is 12.1. The van der Waals surface area contributed by atoms with Crippen molar-refractivity contribution in [3.8, 4) is 0 Å². The van der Waals surface area contributed by atoms with Crippen molar-refractivity contribution in [1.29, 1.82) is 0 Å². The van der Waals surface area contributed by atoms with E-state index in [0.29, 0.717) is 23.8 Å². The molecular weight excluding hydrogens is 314 g/mol. The van der Waals surface area contributed by atoms with Crippen molar-refractivity contribution in [3.63, 3.8) is 0 Å². The molecule has 0 aliphatic heterocycles. The molecule has 7 heteroatoms. The molecule has 6 nitrogen and oxygen atoms in total. The summed E-state index contributed by atoms with van der Waals surface area (Å²) in [4.78, 5) is 24.1. The number of anilines is 1. The normalized spacial score (nSPS) is 13.6. The number of nitro groups is 1. The number of thiophene rings is 1. The van der Waals surface area contributed by atoms with Gasteiger partial charge in [-0.3, -0.25) is 14.9 Å². The number of carbonyl (C=O) groups excluding carboxylic acids is 1. The van der Waals surface area contributed by atoms with E-state index in [-0.39, 0.29) is 11.6 Å². The Kier molecular flexibility index (Phi) is 4.57. The number of benzene rings is 1. The van der Waals surface area contributed by atoms with Gasteiger partial charge in [0.2, 0.25) is 0 Å². The number of nitro benzene ring substituents is 1. The fourth-order valence-electron chi connectivity index (χ4n) is 2.25. The Balaban J connectivity index is 1.64. The molecule has 0 saturated heterocycles. The van der Waals surface area contributed by atoms with Crippen LogP contribution in [0.25, 0.3) is 0 Å². The first-order chi connectivity index (χ1) is 11.1. The molecule has 0 spiro atoms. The van der Waals surface area contributed by atoms with Gasteiger partial charge in [0.1, 0.15) is 5.69 Å². The second-order valence-corrected chi connectivity index (χ2v) is 6.53. The molecule has 120 valence electrons. The average molecular weight is 331 g/mol. The van der Waals surface area contributed by atoms with Crippen LogP contribution < -0.4 is 10.6 Å². The van der Waals surface area contributed by atoms with E-state index in [4.69, 9.17) is 0 Å². The van der Waals surface area contributed by atoms with Crippen LogP contribution in [0.3, 0.4) is 0 Å². The summed E-state index contributed by atoms with van der Waals surface area (Å²) in [7, 11) is 0. The summed E-state index contributed by atoms with van der Waals surface area (Å²) in [5.41, 5.74) is 0.736. The fourth-order valence-corrected chi connectivity index (χ4v) is 2.96. The van der Waals surface area contributed by atoms with Crippen molar-refractivity contribution in [2.45, 2.75) is 25.3 Å². The molecule has 0 atom stereocenters. The molecule has 1 amide bonds. The summed E-state index contributed by atoms with van der Waals surface area (Å²) in [6.45, 7) is 0.509. The van der Waals surface area contributed by atoms with Gasteiger partial charge in [0.15, 0.2) is 0 Å². The van der Waals surface area contributed by atoms with Gasteiger partial charge in [0.05, 0.1) is 4.92 Å². The van der Waals surface area contributed by atoms with Crippen LogP contribution in [0.1, 0.15) is 28.1 Å². The SMILES string of the molecule is O=C(NCCc1cccs1)c1ccc(NC2CC2)c([N+](=O)[O-])c1. The highest BCUT2D eigenvalue weighted by atomic mass is 32.1. The first-order valence-electron chi connectivity index (χ1n) is 7.49. The quantitative estimate of drug-likeness (QED) is 0.603. The van der Waals surface area contributed by atoms with Gasteiger partial charge in [-0.2, -0.15) is 0 Å². The zero-order valence-electron chi connectivity index (χ0n) is 12.5. The topological polar surface area (TPSA) is 84.3 Å². The van der Waals surface area contributed by atoms with Crippen molar-refractivity contribution in [2.24, 2.45) is 0 Å². The zero-order chi connectivity index (χ0) is 16.2. The molecule has 1 aromatic carbocycles. The van der Waals surface area contributed by atoms with Crippen LogP contribution in [-0.2, 0) is 6.42 Å². The van der Waals surface area contributed by atoms with Gasteiger partial charge < -0.3 is 10.6 Å². The van der Waals surface area contributed by atoms with E-state index < -0.39 is 4.92 Å². The first-order valence-corrected chi connectivity index (χ1v) is 8.37. The number of hydrogen-bond acceptors (Lipinski definition) is 5. The van der Waals surface area contributed by atoms with Gasteiger partial charge in [-0.05, 0) is 42.8 Å². The molecule has 0 bridgehead atoms.